The van der Waals surface area contributed by atoms with Crippen molar-refractivity contribution in [3.8, 4) is 11.5 Å². The molecule has 2 N–H and O–H groups in total. The SMILES string of the molecule is COc1ccc(N2C[C@@H](NC(=O)Nc3ccc(OC(F)F)cc3)CC2=O)cc1. The van der Waals surface area contributed by atoms with Gasteiger partial charge in [-0.25, -0.2) is 4.79 Å². The Morgan fingerprint density at radius 3 is 2.36 bits per heavy atom. The molecule has 0 unspecified atom stereocenters. The highest BCUT2D eigenvalue weighted by atomic mass is 19.3. The van der Waals surface area contributed by atoms with E-state index in [0.717, 1.165) is 5.69 Å². The van der Waals surface area contributed by atoms with Crippen LogP contribution in [0.25, 0.3) is 0 Å². The second kappa shape index (κ2) is 8.55. The van der Waals surface area contributed by atoms with Gasteiger partial charge in [-0.3, -0.25) is 4.79 Å². The van der Waals surface area contributed by atoms with Gasteiger partial charge in [0, 0.05) is 24.3 Å². The van der Waals surface area contributed by atoms with E-state index >= 15 is 0 Å². The molecule has 1 fully saturated rings. The Kier molecular flexibility index (Phi) is 5.93. The number of carbonyl (C=O) groups excluding carboxylic acids is 2. The molecule has 2 aromatic rings. The maximum Gasteiger partial charge on any atom is 0.387 e. The van der Waals surface area contributed by atoms with Gasteiger partial charge >= 0.3 is 12.6 Å². The Morgan fingerprint density at radius 2 is 1.75 bits per heavy atom. The summed E-state index contributed by atoms with van der Waals surface area (Å²) in [6.45, 7) is -2.56. The Hall–Kier alpha value is -3.36. The van der Waals surface area contributed by atoms with E-state index in [9.17, 15) is 18.4 Å². The van der Waals surface area contributed by atoms with Crippen molar-refractivity contribution < 1.29 is 27.8 Å². The third kappa shape index (κ3) is 4.87. The van der Waals surface area contributed by atoms with Crippen LogP contribution in [0.3, 0.4) is 0 Å². The molecule has 2 aromatic carbocycles. The summed E-state index contributed by atoms with van der Waals surface area (Å²) in [6, 6.07) is 11.8. The van der Waals surface area contributed by atoms with Crippen LogP contribution in [0.4, 0.5) is 25.0 Å². The van der Waals surface area contributed by atoms with E-state index in [2.05, 4.69) is 15.4 Å². The molecule has 1 saturated heterocycles. The Labute approximate surface area is 160 Å². The summed E-state index contributed by atoms with van der Waals surface area (Å²) in [4.78, 5) is 26.0. The molecule has 0 aromatic heterocycles. The van der Waals surface area contributed by atoms with Gasteiger partial charge in [0.1, 0.15) is 11.5 Å². The summed E-state index contributed by atoms with van der Waals surface area (Å²) in [5.74, 6) is 0.593. The fraction of sp³-hybridized carbons (Fsp3) is 0.263. The normalized spacial score (nSPS) is 16.2. The summed E-state index contributed by atoms with van der Waals surface area (Å²) in [5, 5.41) is 5.33. The Balaban J connectivity index is 1.53. The van der Waals surface area contributed by atoms with E-state index in [0.29, 0.717) is 18.0 Å². The zero-order valence-corrected chi connectivity index (χ0v) is 15.0. The van der Waals surface area contributed by atoms with Crippen LogP contribution >= 0.6 is 0 Å². The number of hydrogen-bond acceptors (Lipinski definition) is 4. The number of carbonyl (C=O) groups is 2. The number of urea groups is 1. The lowest BCUT2D eigenvalue weighted by Gasteiger charge is -2.18. The lowest BCUT2D eigenvalue weighted by atomic mass is 10.2. The highest BCUT2D eigenvalue weighted by Crippen LogP contribution is 2.24. The number of amides is 3. The standard InChI is InChI=1S/C19H19F2N3O4/c1-27-15-8-4-14(5-9-15)24-11-13(10-17(24)25)23-19(26)22-12-2-6-16(7-3-12)28-18(20)21/h2-9,13,18H,10-11H2,1H3,(H2,22,23,26)/t13-/m0/s1. The van der Waals surface area contributed by atoms with E-state index in [1.54, 1.807) is 36.3 Å². The minimum absolute atomic E-state index is 0.00233. The third-order valence-corrected chi connectivity index (χ3v) is 4.18. The molecule has 148 valence electrons. The Morgan fingerprint density at radius 1 is 1.11 bits per heavy atom. The number of rotatable bonds is 6. The molecule has 1 aliphatic rings. The molecular formula is C19H19F2N3O4. The van der Waals surface area contributed by atoms with E-state index < -0.39 is 12.6 Å². The first-order valence-electron chi connectivity index (χ1n) is 8.51. The molecular weight excluding hydrogens is 372 g/mol. The molecule has 3 rings (SSSR count). The number of methoxy groups -OCH3 is 1. The van der Waals surface area contributed by atoms with Gasteiger partial charge in [0.25, 0.3) is 0 Å². The lowest BCUT2D eigenvalue weighted by molar-refractivity contribution is -0.117. The van der Waals surface area contributed by atoms with Gasteiger partial charge < -0.3 is 25.0 Å². The predicted molar refractivity (Wildman–Crippen MR) is 99.0 cm³/mol. The van der Waals surface area contributed by atoms with Gasteiger partial charge in [0.2, 0.25) is 5.91 Å². The maximum atomic E-state index is 12.3. The highest BCUT2D eigenvalue weighted by Gasteiger charge is 2.31. The first-order chi connectivity index (χ1) is 13.4. The molecule has 9 heteroatoms. The van der Waals surface area contributed by atoms with E-state index in [4.69, 9.17) is 4.74 Å². The molecule has 1 atom stereocenters. The van der Waals surface area contributed by atoms with E-state index in [1.165, 1.54) is 24.3 Å². The van der Waals surface area contributed by atoms with Gasteiger partial charge in [-0.1, -0.05) is 0 Å². The van der Waals surface area contributed by atoms with Gasteiger partial charge in [0.05, 0.1) is 13.2 Å². The summed E-state index contributed by atoms with van der Waals surface area (Å²) in [5.41, 5.74) is 1.14. The molecule has 0 spiro atoms. The highest BCUT2D eigenvalue weighted by molar-refractivity contribution is 5.97. The van der Waals surface area contributed by atoms with Gasteiger partial charge in [0.15, 0.2) is 0 Å². The van der Waals surface area contributed by atoms with Gasteiger partial charge in [-0.05, 0) is 48.5 Å². The number of benzene rings is 2. The number of halogens is 2. The van der Waals surface area contributed by atoms with Crippen LogP contribution < -0.4 is 25.0 Å². The number of ether oxygens (including phenoxy) is 2. The average Bonchev–Trinajstić information content (AvgIpc) is 3.03. The largest absolute Gasteiger partial charge is 0.497 e. The van der Waals surface area contributed by atoms with Crippen LogP contribution in [-0.2, 0) is 4.79 Å². The van der Waals surface area contributed by atoms with Gasteiger partial charge in [-0.2, -0.15) is 8.78 Å². The molecule has 0 bridgehead atoms. The first-order valence-corrected chi connectivity index (χ1v) is 8.51. The van der Waals surface area contributed by atoms with Crippen LogP contribution in [0, 0.1) is 0 Å². The van der Waals surface area contributed by atoms with Crippen LogP contribution in [-0.4, -0.2) is 38.2 Å². The smallest absolute Gasteiger partial charge is 0.387 e. The van der Waals surface area contributed by atoms with Crippen molar-refractivity contribution in [1.82, 2.24) is 5.32 Å². The summed E-state index contributed by atoms with van der Waals surface area (Å²) in [6.07, 6.45) is 0.181. The summed E-state index contributed by atoms with van der Waals surface area (Å²) >= 11 is 0. The maximum absolute atomic E-state index is 12.3. The first kappa shape index (κ1) is 19.4. The molecule has 1 aliphatic heterocycles. The second-order valence-electron chi connectivity index (χ2n) is 6.10. The fourth-order valence-electron chi connectivity index (χ4n) is 2.89. The van der Waals surface area contributed by atoms with Crippen LogP contribution in [0.2, 0.25) is 0 Å². The van der Waals surface area contributed by atoms with E-state index in [1.807, 2.05) is 0 Å². The zero-order valence-electron chi connectivity index (χ0n) is 15.0. The van der Waals surface area contributed by atoms with Crippen molar-refractivity contribution in [1.29, 1.82) is 0 Å². The van der Waals surface area contributed by atoms with E-state index in [-0.39, 0.29) is 24.1 Å². The van der Waals surface area contributed by atoms with Crippen molar-refractivity contribution in [2.45, 2.75) is 19.1 Å². The molecule has 28 heavy (non-hydrogen) atoms. The third-order valence-electron chi connectivity index (χ3n) is 4.18. The van der Waals surface area contributed by atoms with Crippen molar-refractivity contribution >= 4 is 23.3 Å². The summed E-state index contributed by atoms with van der Waals surface area (Å²) in [7, 11) is 1.56. The minimum atomic E-state index is -2.91. The number of nitrogens with one attached hydrogen (secondary N) is 2. The molecule has 0 aliphatic carbocycles. The zero-order chi connectivity index (χ0) is 20.1. The van der Waals surface area contributed by atoms with Crippen LogP contribution in [0.15, 0.2) is 48.5 Å². The van der Waals surface area contributed by atoms with Crippen molar-refractivity contribution in [2.75, 3.05) is 23.9 Å². The van der Waals surface area contributed by atoms with Crippen LogP contribution in [0.1, 0.15) is 6.42 Å². The lowest BCUT2D eigenvalue weighted by Crippen LogP contribution is -2.39. The molecule has 0 radical (unpaired) electrons. The summed E-state index contributed by atoms with van der Waals surface area (Å²) < 4.78 is 33.6. The van der Waals surface area contributed by atoms with Crippen LogP contribution in [0.5, 0.6) is 11.5 Å². The molecule has 3 amide bonds. The Bertz CT molecular complexity index is 828. The van der Waals surface area contributed by atoms with Crippen molar-refractivity contribution in [3.05, 3.63) is 48.5 Å². The number of hydrogen-bond donors (Lipinski definition) is 2. The number of anilines is 2. The molecule has 1 heterocycles. The minimum Gasteiger partial charge on any atom is -0.497 e. The number of nitrogens with zero attached hydrogens (tertiary/aromatic N) is 1. The van der Waals surface area contributed by atoms with Gasteiger partial charge in [-0.15, -0.1) is 0 Å². The topological polar surface area (TPSA) is 79.9 Å². The average molecular weight is 391 g/mol. The predicted octanol–water partition coefficient (Wildman–Crippen LogP) is 3.22. The second-order valence-corrected chi connectivity index (χ2v) is 6.10. The fourth-order valence-corrected chi connectivity index (χ4v) is 2.89. The van der Waals surface area contributed by atoms with Crippen molar-refractivity contribution in [2.24, 2.45) is 0 Å². The van der Waals surface area contributed by atoms with Crippen molar-refractivity contribution in [3.63, 3.8) is 0 Å². The monoisotopic (exact) mass is 391 g/mol. The number of alkyl halides is 2. The quantitative estimate of drug-likeness (QED) is 0.793. The molecule has 7 nitrogen and oxygen atoms in total. The molecule has 0 saturated carbocycles.